The molecule has 3 aromatic rings. The Morgan fingerprint density at radius 1 is 0.837 bits per heavy atom. The molecule has 0 atom stereocenters. The first-order chi connectivity index (χ1) is 23.3. The van der Waals surface area contributed by atoms with Gasteiger partial charge in [-0.3, -0.25) is 0 Å². The topological polar surface area (TPSA) is 60.0 Å². The van der Waals surface area contributed by atoms with Gasteiger partial charge in [0, 0.05) is 49.1 Å². The molecule has 6 rings (SSSR count). The van der Waals surface area contributed by atoms with Gasteiger partial charge in [-0.05, 0) is 101 Å². The molecule has 0 saturated carbocycles. The van der Waals surface area contributed by atoms with Crippen LogP contribution in [0.4, 0.5) is 5.69 Å². The zero-order valence-electron chi connectivity index (χ0n) is 30.5. The number of rotatable bonds is 10. The van der Waals surface area contributed by atoms with E-state index in [9.17, 15) is 10.5 Å². The Morgan fingerprint density at radius 3 is 2.14 bits per heavy atom. The highest BCUT2D eigenvalue weighted by Crippen LogP contribution is 2.54. The van der Waals surface area contributed by atoms with E-state index in [1.807, 2.05) is 28.7 Å². The molecule has 4 heterocycles. The number of ether oxygens (including phenoxy) is 1. The summed E-state index contributed by atoms with van der Waals surface area (Å²) in [5, 5.41) is 18.9. The van der Waals surface area contributed by atoms with E-state index < -0.39 is 0 Å². The maximum atomic E-state index is 9.44. The molecular weight excluding hydrogens is 639 g/mol. The van der Waals surface area contributed by atoms with Gasteiger partial charge in [0.2, 0.25) is 0 Å². The highest BCUT2D eigenvalue weighted by Gasteiger charge is 2.42. The van der Waals surface area contributed by atoms with Crippen molar-refractivity contribution in [1.29, 1.82) is 10.5 Å². The van der Waals surface area contributed by atoms with Crippen molar-refractivity contribution in [3.05, 3.63) is 73.5 Å². The summed E-state index contributed by atoms with van der Waals surface area (Å²) in [7, 11) is 0. The number of fused-ring (bicyclic) bond motifs is 1. The van der Waals surface area contributed by atoms with Gasteiger partial charge in [-0.1, -0.05) is 79.9 Å². The second-order valence-electron chi connectivity index (χ2n) is 16.3. The van der Waals surface area contributed by atoms with Crippen LogP contribution in [-0.4, -0.2) is 19.7 Å². The summed E-state index contributed by atoms with van der Waals surface area (Å²) in [5.74, 6) is 1.10. The van der Waals surface area contributed by atoms with E-state index in [1.165, 1.54) is 67.2 Å². The number of hydrogen-bond donors (Lipinski definition) is 0. The van der Waals surface area contributed by atoms with Gasteiger partial charge in [0.05, 0.1) is 6.61 Å². The van der Waals surface area contributed by atoms with Gasteiger partial charge < -0.3 is 9.64 Å². The fourth-order valence-electron chi connectivity index (χ4n) is 7.85. The summed E-state index contributed by atoms with van der Waals surface area (Å²) in [4.78, 5) is 5.10. The van der Waals surface area contributed by atoms with Crippen molar-refractivity contribution in [1.82, 2.24) is 0 Å². The molecule has 256 valence electrons. The third-order valence-electron chi connectivity index (χ3n) is 10.7. The SMILES string of the molecule is CCCCCCOc1c(/C=C/c2cc3sc(/C=C/C4=CC(=C(C#N)C#N)CC(C)(C)C4)cc3s2)cc2c3c1C(C)(C)CCN3CCC2(C)C. The van der Waals surface area contributed by atoms with Gasteiger partial charge in [-0.25, -0.2) is 0 Å². The standard InChI is InChI=1S/C43H51N3OS2/c1-8-9-10-11-20-47-40-30(22-35-39-38(40)43(6,7)17-19-46(39)18-16-42(35,4)5)13-15-34-24-37-36(49-34)23-33(48-37)14-12-29-21-31(32(27-44)28-45)26-41(2,3)25-29/h12-15,21-24H,8-11,16-20,25-26H2,1-7H3/b14-12+,15-13+. The maximum Gasteiger partial charge on any atom is 0.132 e. The molecule has 4 nitrogen and oxygen atoms in total. The summed E-state index contributed by atoms with van der Waals surface area (Å²) < 4.78 is 9.40. The highest BCUT2D eigenvalue weighted by molar-refractivity contribution is 7.28. The van der Waals surface area contributed by atoms with Crippen LogP contribution in [0.3, 0.4) is 0 Å². The Hall–Kier alpha value is -3.58. The summed E-state index contributed by atoms with van der Waals surface area (Å²) in [6.07, 6.45) is 19.8. The molecular formula is C43H51N3OS2. The molecule has 1 aliphatic carbocycles. The van der Waals surface area contributed by atoms with Gasteiger partial charge in [-0.2, -0.15) is 10.5 Å². The van der Waals surface area contributed by atoms with Crippen LogP contribution in [-0.2, 0) is 10.8 Å². The quantitative estimate of drug-likeness (QED) is 0.157. The smallest absolute Gasteiger partial charge is 0.132 e. The average molecular weight is 690 g/mol. The van der Waals surface area contributed by atoms with Gasteiger partial charge in [-0.15, -0.1) is 22.7 Å². The van der Waals surface area contributed by atoms with Crippen LogP contribution in [0.5, 0.6) is 5.75 Å². The molecule has 2 aromatic heterocycles. The van der Waals surface area contributed by atoms with Crippen molar-refractivity contribution in [3.63, 3.8) is 0 Å². The molecule has 1 aromatic carbocycles. The van der Waals surface area contributed by atoms with Gasteiger partial charge in [0.1, 0.15) is 23.5 Å². The van der Waals surface area contributed by atoms with Crippen molar-refractivity contribution in [2.24, 2.45) is 5.41 Å². The number of thiophene rings is 2. The van der Waals surface area contributed by atoms with Crippen molar-refractivity contribution < 1.29 is 4.74 Å². The minimum absolute atomic E-state index is 0.0143. The molecule has 0 amide bonds. The first-order valence-electron chi connectivity index (χ1n) is 18.1. The Balaban J connectivity index is 1.30. The fourth-order valence-corrected chi connectivity index (χ4v) is 10.1. The average Bonchev–Trinajstić information content (AvgIpc) is 3.60. The van der Waals surface area contributed by atoms with E-state index in [4.69, 9.17) is 4.74 Å². The number of nitriles is 2. The molecule has 0 spiro atoms. The molecule has 2 aliphatic heterocycles. The maximum absolute atomic E-state index is 9.44. The molecule has 6 heteroatoms. The lowest BCUT2D eigenvalue weighted by Gasteiger charge is -2.49. The number of benzene rings is 1. The summed E-state index contributed by atoms with van der Waals surface area (Å²) >= 11 is 3.65. The predicted molar refractivity (Wildman–Crippen MR) is 211 cm³/mol. The number of nitrogens with zero attached hydrogens (tertiary/aromatic N) is 3. The van der Waals surface area contributed by atoms with Gasteiger partial charge in [0.25, 0.3) is 0 Å². The van der Waals surface area contributed by atoms with E-state index in [0.29, 0.717) is 0 Å². The Bertz CT molecular complexity index is 1900. The predicted octanol–water partition coefficient (Wildman–Crippen LogP) is 12.4. The van der Waals surface area contributed by atoms with Crippen molar-refractivity contribution in [3.8, 4) is 17.9 Å². The lowest BCUT2D eigenvalue weighted by Crippen LogP contribution is -2.45. The summed E-state index contributed by atoms with van der Waals surface area (Å²) in [5.41, 5.74) is 7.98. The van der Waals surface area contributed by atoms with Crippen LogP contribution in [0, 0.1) is 28.1 Å². The normalized spacial score (nSPS) is 19.2. The fraction of sp³-hybridized carbons (Fsp3) is 0.488. The Morgan fingerprint density at radius 2 is 1.49 bits per heavy atom. The molecule has 0 fully saturated rings. The van der Waals surface area contributed by atoms with Crippen molar-refractivity contribution in [2.75, 3.05) is 24.6 Å². The second kappa shape index (κ2) is 14.0. The van der Waals surface area contributed by atoms with Crippen LogP contribution >= 0.6 is 22.7 Å². The van der Waals surface area contributed by atoms with Crippen LogP contribution in [0.2, 0.25) is 0 Å². The van der Waals surface area contributed by atoms with E-state index in [2.05, 4.69) is 108 Å². The number of hydrogen-bond acceptors (Lipinski definition) is 6. The molecule has 0 N–H and O–H groups in total. The van der Waals surface area contributed by atoms with Crippen LogP contribution in [0.15, 0.2) is 47.1 Å². The van der Waals surface area contributed by atoms with Gasteiger partial charge >= 0.3 is 0 Å². The number of unbranched alkanes of at least 4 members (excludes halogenated alkanes) is 3. The van der Waals surface area contributed by atoms with Crippen LogP contribution in [0.25, 0.3) is 27.6 Å². The Kier molecular flexibility index (Phi) is 10.1. The lowest BCUT2D eigenvalue weighted by atomic mass is 9.68. The molecule has 0 unspecified atom stereocenters. The van der Waals surface area contributed by atoms with Gasteiger partial charge in [0.15, 0.2) is 0 Å². The number of allylic oxidation sites excluding steroid dienone is 5. The van der Waals surface area contributed by atoms with Crippen molar-refractivity contribution in [2.45, 2.75) is 111 Å². The third kappa shape index (κ3) is 7.47. The molecule has 49 heavy (non-hydrogen) atoms. The molecule has 3 aliphatic rings. The second-order valence-corrected chi connectivity index (χ2v) is 18.5. The van der Waals surface area contributed by atoms with E-state index >= 15 is 0 Å². The molecule has 0 saturated heterocycles. The molecule has 0 bridgehead atoms. The first kappa shape index (κ1) is 35.3. The van der Waals surface area contributed by atoms with E-state index in [0.717, 1.165) is 62.3 Å². The summed E-state index contributed by atoms with van der Waals surface area (Å²) in [6, 6.07) is 11.2. The van der Waals surface area contributed by atoms with Crippen LogP contribution < -0.4 is 9.64 Å². The van der Waals surface area contributed by atoms with E-state index in [-0.39, 0.29) is 21.8 Å². The molecule has 0 radical (unpaired) electrons. The highest BCUT2D eigenvalue weighted by atomic mass is 32.1. The largest absolute Gasteiger partial charge is 0.493 e. The lowest BCUT2D eigenvalue weighted by molar-refractivity contribution is 0.289. The van der Waals surface area contributed by atoms with Crippen molar-refractivity contribution >= 4 is 56.0 Å². The number of anilines is 1. The Labute approximate surface area is 302 Å². The van der Waals surface area contributed by atoms with E-state index in [1.54, 1.807) is 0 Å². The third-order valence-corrected chi connectivity index (χ3v) is 12.9. The summed E-state index contributed by atoms with van der Waals surface area (Å²) in [6.45, 7) is 19.3. The zero-order chi connectivity index (χ0) is 35.0. The van der Waals surface area contributed by atoms with Crippen LogP contribution in [0.1, 0.15) is 126 Å². The minimum atomic E-state index is 0.0143. The monoisotopic (exact) mass is 689 g/mol. The minimum Gasteiger partial charge on any atom is -0.493 e. The first-order valence-corrected chi connectivity index (χ1v) is 19.7. The zero-order valence-corrected chi connectivity index (χ0v) is 32.1.